The minimum Gasteiger partial charge on any atom is -0.352 e. The molecule has 0 spiro atoms. The predicted octanol–water partition coefficient (Wildman–Crippen LogP) is 4.96. The van der Waals surface area contributed by atoms with Crippen molar-refractivity contribution in [3.63, 3.8) is 0 Å². The van der Waals surface area contributed by atoms with Gasteiger partial charge < -0.3 is 5.32 Å². The fourth-order valence-electron chi connectivity index (χ4n) is 3.16. The van der Waals surface area contributed by atoms with E-state index in [1.807, 2.05) is 72.3 Å². The molecule has 4 heteroatoms. The Labute approximate surface area is 164 Å². The zero-order chi connectivity index (χ0) is 19.3. The minimum atomic E-state index is -0.0669. The zero-order valence-corrected chi connectivity index (χ0v) is 15.7. The molecule has 0 aliphatic rings. The van der Waals surface area contributed by atoms with Gasteiger partial charge >= 0.3 is 0 Å². The smallest absolute Gasteiger partial charge is 0.251 e. The van der Waals surface area contributed by atoms with Crippen LogP contribution in [0.3, 0.4) is 0 Å². The SMILES string of the molecule is CCNC(=O)c1ccc(-n2nc(-c3ccccc3)cc2-c2ccccc2)cc1. The number of nitrogens with one attached hydrogen (secondary N) is 1. The molecule has 3 aromatic carbocycles. The third kappa shape index (κ3) is 3.58. The fraction of sp³-hybridized carbons (Fsp3) is 0.0833. The minimum absolute atomic E-state index is 0.0669. The molecule has 0 atom stereocenters. The van der Waals surface area contributed by atoms with Gasteiger partial charge in [0, 0.05) is 23.2 Å². The van der Waals surface area contributed by atoms with Gasteiger partial charge in [-0.25, -0.2) is 4.68 Å². The van der Waals surface area contributed by atoms with Crippen LogP contribution in [0.15, 0.2) is 91.0 Å². The molecular weight excluding hydrogens is 346 g/mol. The van der Waals surface area contributed by atoms with Gasteiger partial charge in [0.15, 0.2) is 0 Å². The number of aromatic nitrogens is 2. The maximum atomic E-state index is 12.0. The van der Waals surface area contributed by atoms with Gasteiger partial charge in [0.1, 0.15) is 0 Å². The Hall–Kier alpha value is -3.66. The van der Waals surface area contributed by atoms with Gasteiger partial charge in [0.2, 0.25) is 0 Å². The molecule has 0 unspecified atom stereocenters. The number of hydrogen-bond acceptors (Lipinski definition) is 2. The fourth-order valence-corrected chi connectivity index (χ4v) is 3.16. The summed E-state index contributed by atoms with van der Waals surface area (Å²) in [6.45, 7) is 2.52. The average molecular weight is 367 g/mol. The van der Waals surface area contributed by atoms with Crippen molar-refractivity contribution in [1.82, 2.24) is 15.1 Å². The van der Waals surface area contributed by atoms with Crippen molar-refractivity contribution in [2.45, 2.75) is 6.92 Å². The number of hydrogen-bond donors (Lipinski definition) is 1. The first-order chi connectivity index (χ1) is 13.8. The van der Waals surface area contributed by atoms with Gasteiger partial charge in [-0.05, 0) is 37.3 Å². The maximum Gasteiger partial charge on any atom is 0.251 e. The van der Waals surface area contributed by atoms with Crippen LogP contribution in [-0.4, -0.2) is 22.2 Å². The van der Waals surface area contributed by atoms with E-state index in [9.17, 15) is 4.79 Å². The molecule has 1 N–H and O–H groups in total. The molecule has 0 aliphatic carbocycles. The van der Waals surface area contributed by atoms with Crippen LogP contribution in [0.25, 0.3) is 28.2 Å². The summed E-state index contributed by atoms with van der Waals surface area (Å²) in [7, 11) is 0. The predicted molar refractivity (Wildman–Crippen MR) is 112 cm³/mol. The summed E-state index contributed by atoms with van der Waals surface area (Å²) in [4.78, 5) is 12.0. The van der Waals surface area contributed by atoms with E-state index in [1.165, 1.54) is 0 Å². The second kappa shape index (κ2) is 7.92. The number of nitrogens with zero attached hydrogens (tertiary/aromatic N) is 2. The molecule has 0 radical (unpaired) electrons. The summed E-state index contributed by atoms with van der Waals surface area (Å²) in [6.07, 6.45) is 0. The topological polar surface area (TPSA) is 46.9 Å². The number of benzene rings is 3. The Kier molecular flexibility index (Phi) is 5.02. The molecule has 1 heterocycles. The summed E-state index contributed by atoms with van der Waals surface area (Å²) >= 11 is 0. The van der Waals surface area contributed by atoms with Gasteiger partial charge in [0.05, 0.1) is 17.1 Å². The van der Waals surface area contributed by atoms with E-state index in [1.54, 1.807) is 0 Å². The highest BCUT2D eigenvalue weighted by Crippen LogP contribution is 2.28. The third-order valence-electron chi connectivity index (χ3n) is 4.56. The summed E-state index contributed by atoms with van der Waals surface area (Å²) in [5.74, 6) is -0.0669. The van der Waals surface area contributed by atoms with Crippen molar-refractivity contribution in [3.8, 4) is 28.2 Å². The normalized spacial score (nSPS) is 10.6. The molecule has 0 fully saturated rings. The van der Waals surface area contributed by atoms with Crippen molar-refractivity contribution in [3.05, 3.63) is 96.6 Å². The van der Waals surface area contributed by atoms with Gasteiger partial charge in [-0.1, -0.05) is 60.7 Å². The molecule has 1 amide bonds. The van der Waals surface area contributed by atoms with E-state index in [4.69, 9.17) is 5.10 Å². The molecule has 28 heavy (non-hydrogen) atoms. The van der Waals surface area contributed by atoms with Crippen molar-refractivity contribution >= 4 is 5.91 Å². The zero-order valence-electron chi connectivity index (χ0n) is 15.7. The van der Waals surface area contributed by atoms with E-state index in [0.29, 0.717) is 12.1 Å². The first-order valence-corrected chi connectivity index (χ1v) is 9.36. The lowest BCUT2D eigenvalue weighted by atomic mass is 10.1. The maximum absolute atomic E-state index is 12.0. The van der Waals surface area contributed by atoms with E-state index in [-0.39, 0.29) is 5.91 Å². The van der Waals surface area contributed by atoms with Crippen LogP contribution in [0.2, 0.25) is 0 Å². The van der Waals surface area contributed by atoms with Crippen molar-refractivity contribution in [2.24, 2.45) is 0 Å². The average Bonchev–Trinajstić information content (AvgIpc) is 3.21. The molecular formula is C24H21N3O. The Morgan fingerprint density at radius 2 is 1.46 bits per heavy atom. The molecule has 0 saturated heterocycles. The monoisotopic (exact) mass is 367 g/mol. The molecule has 1 aromatic heterocycles. The summed E-state index contributed by atoms with van der Waals surface area (Å²) < 4.78 is 1.93. The van der Waals surface area contributed by atoms with Crippen LogP contribution in [0.4, 0.5) is 0 Å². The summed E-state index contributed by atoms with van der Waals surface area (Å²) in [5.41, 5.74) is 5.62. The molecule has 4 rings (SSSR count). The van der Waals surface area contributed by atoms with Crippen LogP contribution in [0.1, 0.15) is 17.3 Å². The number of rotatable bonds is 5. The standard InChI is InChI=1S/C24H21N3O/c1-2-25-24(28)20-13-15-21(16-14-20)27-23(19-11-7-4-8-12-19)17-22(26-27)18-9-5-3-6-10-18/h3-17H,2H2,1H3,(H,25,28). The van der Waals surface area contributed by atoms with Gasteiger partial charge in [-0.3, -0.25) is 4.79 Å². The van der Waals surface area contributed by atoms with E-state index in [0.717, 1.165) is 28.2 Å². The van der Waals surface area contributed by atoms with Crippen LogP contribution in [-0.2, 0) is 0 Å². The van der Waals surface area contributed by atoms with Crippen molar-refractivity contribution in [1.29, 1.82) is 0 Å². The first-order valence-electron chi connectivity index (χ1n) is 9.36. The Bertz CT molecular complexity index is 1070. The van der Waals surface area contributed by atoms with E-state index in [2.05, 4.69) is 35.6 Å². The third-order valence-corrected chi connectivity index (χ3v) is 4.56. The summed E-state index contributed by atoms with van der Waals surface area (Å²) in [5, 5.41) is 7.68. The highest BCUT2D eigenvalue weighted by molar-refractivity contribution is 5.94. The van der Waals surface area contributed by atoms with Gasteiger partial charge in [0.25, 0.3) is 5.91 Å². The lowest BCUT2D eigenvalue weighted by molar-refractivity contribution is 0.0956. The summed E-state index contributed by atoms with van der Waals surface area (Å²) in [6, 6.07) is 29.9. The lowest BCUT2D eigenvalue weighted by Gasteiger charge is -2.09. The second-order valence-electron chi connectivity index (χ2n) is 6.47. The molecule has 0 bridgehead atoms. The Morgan fingerprint density at radius 3 is 2.07 bits per heavy atom. The molecule has 4 nitrogen and oxygen atoms in total. The van der Waals surface area contributed by atoms with Crippen LogP contribution < -0.4 is 5.32 Å². The molecule has 0 aliphatic heterocycles. The number of carbonyl (C=O) groups is 1. The molecule has 138 valence electrons. The highest BCUT2D eigenvalue weighted by Gasteiger charge is 2.13. The lowest BCUT2D eigenvalue weighted by Crippen LogP contribution is -2.22. The second-order valence-corrected chi connectivity index (χ2v) is 6.47. The van der Waals surface area contributed by atoms with Crippen molar-refractivity contribution in [2.75, 3.05) is 6.54 Å². The van der Waals surface area contributed by atoms with E-state index >= 15 is 0 Å². The van der Waals surface area contributed by atoms with E-state index < -0.39 is 0 Å². The molecule has 4 aromatic rings. The van der Waals surface area contributed by atoms with Crippen molar-refractivity contribution < 1.29 is 4.79 Å². The first kappa shape index (κ1) is 17.7. The number of carbonyl (C=O) groups excluding carboxylic acids is 1. The quantitative estimate of drug-likeness (QED) is 0.542. The largest absolute Gasteiger partial charge is 0.352 e. The van der Waals surface area contributed by atoms with Crippen LogP contribution in [0, 0.1) is 0 Å². The number of amides is 1. The van der Waals surface area contributed by atoms with Crippen LogP contribution >= 0.6 is 0 Å². The highest BCUT2D eigenvalue weighted by atomic mass is 16.1. The Balaban J connectivity index is 1.79. The van der Waals surface area contributed by atoms with Crippen LogP contribution in [0.5, 0.6) is 0 Å². The molecule has 0 saturated carbocycles. The Morgan fingerprint density at radius 1 is 0.857 bits per heavy atom. The van der Waals surface area contributed by atoms with Gasteiger partial charge in [-0.15, -0.1) is 0 Å². The van der Waals surface area contributed by atoms with Gasteiger partial charge in [-0.2, -0.15) is 5.10 Å².